The van der Waals surface area contributed by atoms with Crippen LogP contribution < -0.4 is 15.5 Å². The zero-order valence-electron chi connectivity index (χ0n) is 19.2. The number of hydrogen-bond acceptors (Lipinski definition) is 6. The zero-order valence-corrected chi connectivity index (χ0v) is 19.2. The molecule has 1 aliphatic heterocycles. The Labute approximate surface area is 187 Å². The van der Waals surface area contributed by atoms with Crippen molar-refractivity contribution in [3.05, 3.63) is 48.5 Å². The molecule has 31 heavy (non-hydrogen) atoms. The summed E-state index contributed by atoms with van der Waals surface area (Å²) in [5, 5.41) is 5.33. The van der Waals surface area contributed by atoms with Gasteiger partial charge in [0.05, 0.1) is 43.4 Å². The monoisotopic (exact) mass is 439 g/mol. The minimum absolute atomic E-state index is 0. The number of urea groups is 1. The molecule has 1 saturated heterocycles. The number of aromatic nitrogens is 2. The van der Waals surface area contributed by atoms with Gasteiger partial charge < -0.3 is 25.0 Å². The van der Waals surface area contributed by atoms with Crippen LogP contribution in [0.3, 0.4) is 0 Å². The summed E-state index contributed by atoms with van der Waals surface area (Å²) in [4.78, 5) is 22.9. The van der Waals surface area contributed by atoms with Crippen molar-refractivity contribution in [2.45, 2.75) is 53.6 Å². The summed E-state index contributed by atoms with van der Waals surface area (Å²) < 4.78 is 24.5. The van der Waals surface area contributed by atoms with E-state index in [-0.39, 0.29) is 20.4 Å². The van der Waals surface area contributed by atoms with Gasteiger partial charge in [0.1, 0.15) is 5.76 Å². The van der Waals surface area contributed by atoms with Gasteiger partial charge in [0.2, 0.25) is 5.95 Å². The van der Waals surface area contributed by atoms with Crippen molar-refractivity contribution < 1.29 is 21.5 Å². The van der Waals surface area contributed by atoms with Crippen molar-refractivity contribution in [3.8, 4) is 0 Å². The largest absolute Gasteiger partial charge is 0.457 e. The van der Waals surface area contributed by atoms with E-state index in [4.69, 9.17) is 9.47 Å². The molecule has 0 spiro atoms. The second-order valence-corrected chi connectivity index (χ2v) is 6.57. The van der Waals surface area contributed by atoms with E-state index in [1.807, 2.05) is 20.8 Å². The van der Waals surface area contributed by atoms with Gasteiger partial charge in [-0.3, -0.25) is 0 Å². The van der Waals surface area contributed by atoms with Crippen LogP contribution in [-0.2, 0) is 9.47 Å². The van der Waals surface area contributed by atoms with E-state index in [1.165, 1.54) is 12.2 Å². The molecular formula is C22H38FN5O3. The van der Waals surface area contributed by atoms with E-state index < -0.39 is 17.9 Å². The summed E-state index contributed by atoms with van der Waals surface area (Å²) in [5.74, 6) is 0.343. The standard InChI is InChI=1S/C20H28FN5O3.C2H6.2H2/c1-6-17(21)18(7-2)29-15(5)14(4)24-20(27)25-16-10-22-19(23-11-16)26-8-9-28-12-13(26)3;1-2;;/h6-7,10-11,13-14H,5,8-9,12H2,1-4H3,(H2,24,25,27);1-2H3;2*1H/b17-6+,18-7-;;;/t13-,14-;;;/m0.../s1. The summed E-state index contributed by atoms with van der Waals surface area (Å²) in [7, 11) is 0. The fourth-order valence-corrected chi connectivity index (χ4v) is 2.62. The molecule has 2 atom stereocenters. The van der Waals surface area contributed by atoms with Gasteiger partial charge in [0.25, 0.3) is 0 Å². The highest BCUT2D eigenvalue weighted by Crippen LogP contribution is 2.18. The molecule has 1 aromatic heterocycles. The molecule has 2 heterocycles. The number of carbonyl (C=O) groups excluding carboxylic acids is 1. The highest BCUT2D eigenvalue weighted by atomic mass is 19.1. The molecule has 1 aromatic rings. The van der Waals surface area contributed by atoms with Crippen LogP contribution in [0.1, 0.15) is 44.4 Å². The summed E-state index contributed by atoms with van der Waals surface area (Å²) in [6.07, 6.45) is 5.86. The van der Waals surface area contributed by atoms with Crippen LogP contribution in [0.15, 0.2) is 48.5 Å². The SMILES string of the molecule is C=C(OC(=C\C)/C(F)=C\C)[C@H](C)NC(=O)Nc1cnc(N2CCOC[C@@H]2C)nc1.CC.[HH].[HH]. The van der Waals surface area contributed by atoms with Crippen LogP contribution in [0, 0.1) is 0 Å². The molecule has 0 saturated carbocycles. The molecule has 2 rings (SSSR count). The van der Waals surface area contributed by atoms with Crippen molar-refractivity contribution in [1.29, 1.82) is 0 Å². The van der Waals surface area contributed by atoms with E-state index in [9.17, 15) is 9.18 Å². The fourth-order valence-electron chi connectivity index (χ4n) is 2.62. The van der Waals surface area contributed by atoms with E-state index >= 15 is 0 Å². The number of ether oxygens (including phenoxy) is 2. The van der Waals surface area contributed by atoms with Gasteiger partial charge in [0, 0.05) is 9.40 Å². The van der Waals surface area contributed by atoms with Gasteiger partial charge in [-0.25, -0.2) is 19.2 Å². The molecule has 0 aliphatic carbocycles. The average Bonchev–Trinajstić information content (AvgIpc) is 2.79. The van der Waals surface area contributed by atoms with Crippen molar-refractivity contribution in [2.24, 2.45) is 0 Å². The van der Waals surface area contributed by atoms with E-state index in [0.29, 0.717) is 24.8 Å². The highest BCUT2D eigenvalue weighted by molar-refractivity contribution is 5.89. The molecule has 0 radical (unpaired) electrons. The summed E-state index contributed by atoms with van der Waals surface area (Å²) in [6.45, 7) is 16.7. The third-order valence-electron chi connectivity index (χ3n) is 4.34. The number of nitrogens with zero attached hydrogens (tertiary/aromatic N) is 3. The molecule has 0 bridgehead atoms. The van der Waals surface area contributed by atoms with Crippen molar-refractivity contribution >= 4 is 17.7 Å². The quantitative estimate of drug-likeness (QED) is 0.457. The Kier molecular flexibility index (Phi) is 11.3. The first kappa shape index (κ1) is 26.1. The van der Waals surface area contributed by atoms with E-state index in [2.05, 4.69) is 32.1 Å². The van der Waals surface area contributed by atoms with Gasteiger partial charge in [-0.15, -0.1) is 0 Å². The third-order valence-corrected chi connectivity index (χ3v) is 4.34. The smallest absolute Gasteiger partial charge is 0.319 e. The number of nitrogens with one attached hydrogen (secondary N) is 2. The molecule has 2 amide bonds. The molecule has 1 aliphatic rings. The Hall–Kier alpha value is -2.94. The third kappa shape index (κ3) is 8.01. The number of morpholine rings is 1. The van der Waals surface area contributed by atoms with Gasteiger partial charge >= 0.3 is 6.03 Å². The minimum Gasteiger partial charge on any atom is -0.457 e. The second kappa shape index (κ2) is 13.4. The summed E-state index contributed by atoms with van der Waals surface area (Å²) in [6, 6.07) is -0.844. The first-order valence-corrected chi connectivity index (χ1v) is 10.4. The van der Waals surface area contributed by atoms with Gasteiger partial charge in [-0.1, -0.05) is 20.4 Å². The van der Waals surface area contributed by atoms with Crippen LogP contribution >= 0.6 is 0 Å². The maximum absolute atomic E-state index is 13.7. The lowest BCUT2D eigenvalue weighted by Gasteiger charge is -2.33. The van der Waals surface area contributed by atoms with Gasteiger partial charge in [-0.05, 0) is 39.8 Å². The molecular weight excluding hydrogens is 401 g/mol. The van der Waals surface area contributed by atoms with Crippen molar-refractivity contribution in [2.75, 3.05) is 30.0 Å². The van der Waals surface area contributed by atoms with E-state index in [0.717, 1.165) is 6.54 Å². The summed E-state index contributed by atoms with van der Waals surface area (Å²) >= 11 is 0. The molecule has 9 heteroatoms. The van der Waals surface area contributed by atoms with Crippen LogP contribution in [0.5, 0.6) is 0 Å². The molecule has 1 fully saturated rings. The lowest BCUT2D eigenvalue weighted by atomic mass is 10.3. The fraction of sp³-hybridized carbons (Fsp3) is 0.500. The number of anilines is 2. The molecule has 0 unspecified atom stereocenters. The number of allylic oxidation sites excluding steroid dienone is 3. The Morgan fingerprint density at radius 1 is 1.39 bits per heavy atom. The van der Waals surface area contributed by atoms with Gasteiger partial charge in [-0.2, -0.15) is 0 Å². The molecule has 0 aromatic carbocycles. The molecule has 8 nitrogen and oxygen atoms in total. The number of halogens is 1. The second-order valence-electron chi connectivity index (χ2n) is 6.57. The predicted molar refractivity (Wildman–Crippen MR) is 126 cm³/mol. The number of amides is 2. The van der Waals surface area contributed by atoms with E-state index in [1.54, 1.807) is 33.2 Å². The number of hydrogen-bond donors (Lipinski definition) is 2. The first-order valence-electron chi connectivity index (χ1n) is 10.4. The van der Waals surface area contributed by atoms with Gasteiger partial charge in [0.15, 0.2) is 11.6 Å². The topological polar surface area (TPSA) is 88.6 Å². The number of carbonyl (C=O) groups is 1. The van der Waals surface area contributed by atoms with Crippen LogP contribution in [0.2, 0.25) is 0 Å². The maximum Gasteiger partial charge on any atom is 0.319 e. The minimum atomic E-state index is -0.552. The maximum atomic E-state index is 13.7. The Bertz CT molecular complexity index is 791. The molecule has 2 N–H and O–H groups in total. The Morgan fingerprint density at radius 2 is 2.03 bits per heavy atom. The van der Waals surface area contributed by atoms with Crippen molar-refractivity contribution in [1.82, 2.24) is 15.3 Å². The average molecular weight is 440 g/mol. The summed E-state index contributed by atoms with van der Waals surface area (Å²) in [5.41, 5.74) is 0.444. The lowest BCUT2D eigenvalue weighted by Crippen LogP contribution is -2.44. The molecule has 176 valence electrons. The van der Waals surface area contributed by atoms with Crippen LogP contribution in [0.4, 0.5) is 20.8 Å². The zero-order chi connectivity index (χ0) is 23.4. The lowest BCUT2D eigenvalue weighted by molar-refractivity contribution is 0.0981. The van der Waals surface area contributed by atoms with Crippen LogP contribution in [-0.4, -0.2) is 47.8 Å². The Morgan fingerprint density at radius 3 is 2.58 bits per heavy atom. The normalized spacial score (nSPS) is 17.8. The Balaban J connectivity index is 0. The number of rotatable bonds is 7. The highest BCUT2D eigenvalue weighted by Gasteiger charge is 2.21. The predicted octanol–water partition coefficient (Wildman–Crippen LogP) is 5.04. The first-order chi connectivity index (χ1) is 14.8. The van der Waals surface area contributed by atoms with Crippen molar-refractivity contribution in [3.63, 3.8) is 0 Å². The van der Waals surface area contributed by atoms with Crippen LogP contribution in [0.25, 0.3) is 0 Å².